The summed E-state index contributed by atoms with van der Waals surface area (Å²) in [6.07, 6.45) is 3.51. The van der Waals surface area contributed by atoms with Crippen molar-refractivity contribution in [2.45, 2.75) is 60.6 Å². The molecular formula is C38H37FIrN2S-2. The van der Waals surface area contributed by atoms with E-state index in [1.54, 1.807) is 23.6 Å². The smallest absolute Gasteiger partial charge is 0.0383 e. The molecule has 3 aromatic heterocycles. The summed E-state index contributed by atoms with van der Waals surface area (Å²) in [6, 6.07) is 26.2. The number of nitrogens with zero attached hydrogens (tertiary/aromatic N) is 2. The van der Waals surface area contributed by atoms with Crippen LogP contribution in [-0.4, -0.2) is 9.97 Å². The van der Waals surface area contributed by atoms with Gasteiger partial charge in [-0.15, -0.1) is 47.5 Å². The Hall–Kier alpha value is -3.24. The van der Waals surface area contributed by atoms with Crippen LogP contribution in [0.2, 0.25) is 0 Å². The van der Waals surface area contributed by atoms with Crippen molar-refractivity contribution in [2.75, 3.05) is 0 Å². The third-order valence-electron chi connectivity index (χ3n) is 6.79. The second-order valence-electron chi connectivity index (χ2n) is 11.7. The summed E-state index contributed by atoms with van der Waals surface area (Å²) in [4.78, 5) is 8.62. The number of hydrogen-bond acceptors (Lipinski definition) is 3. The van der Waals surface area contributed by atoms with Gasteiger partial charge in [-0.25, -0.2) is 0 Å². The Morgan fingerprint density at radius 2 is 1.74 bits per heavy atom. The minimum absolute atomic E-state index is 0. The van der Waals surface area contributed by atoms with E-state index in [-0.39, 0.29) is 47.9 Å². The van der Waals surface area contributed by atoms with Crippen LogP contribution in [0.25, 0.3) is 42.7 Å². The van der Waals surface area contributed by atoms with E-state index in [1.165, 1.54) is 32.4 Å². The number of aryl methyl sites for hydroxylation is 2. The zero-order valence-electron chi connectivity index (χ0n) is 31.7. The van der Waals surface area contributed by atoms with Crippen molar-refractivity contribution in [3.63, 3.8) is 0 Å². The van der Waals surface area contributed by atoms with Gasteiger partial charge in [-0.1, -0.05) is 93.9 Å². The number of benzene rings is 3. The molecule has 3 heterocycles. The molecule has 0 amide bonds. The zero-order valence-corrected chi connectivity index (χ0v) is 27.9. The van der Waals surface area contributed by atoms with Gasteiger partial charge in [0, 0.05) is 52.6 Å². The fourth-order valence-corrected chi connectivity index (χ4v) is 5.98. The van der Waals surface area contributed by atoms with E-state index in [0.717, 1.165) is 22.9 Å². The number of fused-ring (bicyclic) bond motifs is 3. The van der Waals surface area contributed by atoms with Crippen molar-refractivity contribution >= 4 is 31.5 Å². The molecule has 6 aromatic rings. The Morgan fingerprint density at radius 1 is 0.953 bits per heavy atom. The predicted molar refractivity (Wildman–Crippen MR) is 177 cm³/mol. The summed E-state index contributed by atoms with van der Waals surface area (Å²) in [6.45, 7) is 4.99. The minimum atomic E-state index is -2.42. The summed E-state index contributed by atoms with van der Waals surface area (Å²) in [5, 5.41) is 2.52. The predicted octanol–water partition coefficient (Wildman–Crippen LogP) is 10.9. The normalized spacial score (nSPS) is 14.6. The second-order valence-corrected chi connectivity index (χ2v) is 12.8. The molecule has 223 valence electrons. The first-order chi connectivity index (χ1) is 22.7. The molecule has 0 N–H and O–H groups in total. The molecule has 0 bridgehead atoms. The van der Waals surface area contributed by atoms with E-state index < -0.39 is 25.4 Å². The fraction of sp³-hybridized carbons (Fsp3) is 0.263. The topological polar surface area (TPSA) is 25.8 Å². The SMILES string of the molecule is [2H]C(C)(C)c1ccnc(-c2[c-]ccc3c2sc2ccccc23)c1.[2H]C([2H])([2H])c1c[c-]c(-c2cc(CC(C)(C)C)c(C([2H])([2H])[2H])cn2)c(F)c1.[Ir]. The monoisotopic (exact) mass is 772 g/mol. The minimum Gasteiger partial charge on any atom is -0.305 e. The summed E-state index contributed by atoms with van der Waals surface area (Å²) in [5.74, 6) is -1.39. The van der Waals surface area contributed by atoms with Crippen LogP contribution >= 0.6 is 11.3 Å². The first-order valence-corrected chi connectivity index (χ1v) is 14.5. The molecule has 5 heteroatoms. The number of halogens is 1. The molecule has 0 fully saturated rings. The van der Waals surface area contributed by atoms with Crippen molar-refractivity contribution in [1.29, 1.82) is 0 Å². The van der Waals surface area contributed by atoms with Gasteiger partial charge in [0.25, 0.3) is 0 Å². The van der Waals surface area contributed by atoms with Gasteiger partial charge in [-0.05, 0) is 63.8 Å². The van der Waals surface area contributed by atoms with Crippen molar-refractivity contribution < 1.29 is 34.1 Å². The molecule has 1 radical (unpaired) electrons. The second kappa shape index (κ2) is 13.6. The van der Waals surface area contributed by atoms with Crippen LogP contribution in [0, 0.1) is 37.1 Å². The molecule has 3 aromatic carbocycles. The zero-order chi connectivity index (χ0) is 35.9. The molecule has 0 saturated heterocycles. The number of thiophene rings is 1. The van der Waals surface area contributed by atoms with Crippen LogP contribution in [0.5, 0.6) is 0 Å². The van der Waals surface area contributed by atoms with E-state index in [1.807, 2.05) is 52.8 Å². The molecule has 0 unspecified atom stereocenters. The first-order valence-electron chi connectivity index (χ1n) is 17.2. The van der Waals surface area contributed by atoms with Gasteiger partial charge in [-0.3, -0.25) is 4.39 Å². The van der Waals surface area contributed by atoms with E-state index >= 15 is 0 Å². The Labute approximate surface area is 282 Å². The van der Waals surface area contributed by atoms with Crippen molar-refractivity contribution in [3.8, 4) is 22.5 Å². The van der Waals surface area contributed by atoms with Crippen molar-refractivity contribution in [1.82, 2.24) is 9.97 Å². The van der Waals surface area contributed by atoms with Gasteiger partial charge in [0.05, 0.1) is 0 Å². The van der Waals surface area contributed by atoms with E-state index in [4.69, 9.17) is 9.60 Å². The van der Waals surface area contributed by atoms with Crippen molar-refractivity contribution in [2.24, 2.45) is 5.41 Å². The molecule has 6 rings (SSSR count). The standard InChI is InChI=1S/C20H16NS.C18H21FN.Ir/c1-13(2)14-10-11-21-18(12-14)17-8-5-7-16-15-6-3-4-9-19(15)22-20(16)17;1-12-6-7-15(16(19)8-12)17-9-14(10-18(3,4)5)13(2)11-20-17;/h3-7,9-13H,1-2H3;6,8-9,11H,10H2,1-5H3;/q2*-1;/i13D;1D3,2D3;. The molecule has 2 nitrogen and oxygen atoms in total. The van der Waals surface area contributed by atoms with Crippen LogP contribution < -0.4 is 0 Å². The maximum atomic E-state index is 14.4. The Morgan fingerprint density at radius 3 is 2.47 bits per heavy atom. The van der Waals surface area contributed by atoms with Gasteiger partial charge < -0.3 is 9.97 Å². The number of aromatic nitrogens is 2. The molecule has 0 aliphatic carbocycles. The molecule has 0 saturated carbocycles. The van der Waals surface area contributed by atoms with Gasteiger partial charge >= 0.3 is 0 Å². The van der Waals surface area contributed by atoms with Gasteiger partial charge in [-0.2, -0.15) is 11.3 Å². The summed E-state index contributed by atoms with van der Waals surface area (Å²) >= 11 is 1.78. The van der Waals surface area contributed by atoms with Crippen LogP contribution in [-0.2, 0) is 26.5 Å². The van der Waals surface area contributed by atoms with Crippen LogP contribution in [0.15, 0.2) is 79.1 Å². The van der Waals surface area contributed by atoms with E-state index in [9.17, 15) is 4.39 Å². The van der Waals surface area contributed by atoms with Gasteiger partial charge in [0.15, 0.2) is 0 Å². The summed E-state index contributed by atoms with van der Waals surface area (Å²) in [5.41, 5.74) is 3.51. The van der Waals surface area contributed by atoms with E-state index in [0.29, 0.717) is 12.0 Å². The molecule has 0 atom stereocenters. The Kier molecular flexibility index (Phi) is 7.63. The average Bonchev–Trinajstić information content (AvgIpc) is 3.38. The number of rotatable bonds is 4. The number of hydrogen-bond donors (Lipinski definition) is 0. The van der Waals surface area contributed by atoms with E-state index in [2.05, 4.69) is 52.4 Å². The molecule has 0 spiro atoms. The van der Waals surface area contributed by atoms with Crippen molar-refractivity contribution in [3.05, 3.63) is 119 Å². The molecule has 0 aliphatic heterocycles. The quantitative estimate of drug-likeness (QED) is 0.167. The van der Waals surface area contributed by atoms with Gasteiger partial charge in [0.2, 0.25) is 0 Å². The molecule has 0 aliphatic rings. The summed E-state index contributed by atoms with van der Waals surface area (Å²) in [7, 11) is 0. The largest absolute Gasteiger partial charge is 0.305 e. The third kappa shape index (κ3) is 7.65. The molecular weight excluding hydrogens is 728 g/mol. The fourth-order valence-electron chi connectivity index (χ4n) is 4.78. The Balaban J connectivity index is 0.000000221. The van der Waals surface area contributed by atoms with Crippen LogP contribution in [0.1, 0.15) is 72.4 Å². The van der Waals surface area contributed by atoms with Crippen LogP contribution in [0.4, 0.5) is 4.39 Å². The molecule has 43 heavy (non-hydrogen) atoms. The number of pyridine rings is 2. The maximum absolute atomic E-state index is 14.4. The third-order valence-corrected chi connectivity index (χ3v) is 8.00. The first kappa shape index (κ1) is 24.1. The Bertz CT molecular complexity index is 2130. The average molecular weight is 772 g/mol. The maximum Gasteiger partial charge on any atom is 0.0383 e. The van der Waals surface area contributed by atoms with Gasteiger partial charge in [0.1, 0.15) is 0 Å². The summed E-state index contributed by atoms with van der Waals surface area (Å²) < 4.78 is 70.3. The van der Waals surface area contributed by atoms with Crippen LogP contribution in [0.3, 0.4) is 0 Å².